The second-order valence-corrected chi connectivity index (χ2v) is 5.72. The highest BCUT2D eigenvalue weighted by molar-refractivity contribution is 5.82. The van der Waals surface area contributed by atoms with Crippen molar-refractivity contribution in [1.82, 2.24) is 4.98 Å². The molecule has 0 aliphatic heterocycles. The van der Waals surface area contributed by atoms with Crippen LogP contribution in [0.25, 0.3) is 10.9 Å². The lowest BCUT2D eigenvalue weighted by atomic mass is 9.98. The third-order valence-corrected chi connectivity index (χ3v) is 4.11. The van der Waals surface area contributed by atoms with Crippen LogP contribution in [0.15, 0.2) is 54.6 Å². The molecule has 2 nitrogen and oxygen atoms in total. The van der Waals surface area contributed by atoms with Crippen LogP contribution in [-0.4, -0.2) is 10.1 Å². The molecule has 3 heteroatoms. The Morgan fingerprint density at radius 1 is 1.04 bits per heavy atom. The van der Waals surface area contributed by atoms with Gasteiger partial charge in [-0.15, -0.1) is 0 Å². The lowest BCUT2D eigenvalue weighted by Gasteiger charge is -2.16. The van der Waals surface area contributed by atoms with Crippen LogP contribution in [-0.2, 0) is 6.42 Å². The lowest BCUT2D eigenvalue weighted by molar-refractivity contribution is 0.209. The maximum absolute atomic E-state index is 15.0. The summed E-state index contributed by atoms with van der Waals surface area (Å²) in [5, 5.41) is 11.4. The van der Waals surface area contributed by atoms with Crippen LogP contribution < -0.4 is 0 Å². The number of pyridine rings is 1. The summed E-state index contributed by atoms with van der Waals surface area (Å²) in [5.41, 5.74) is 2.14. The molecule has 1 aromatic heterocycles. The first-order valence-electron chi connectivity index (χ1n) is 8.02. The van der Waals surface area contributed by atoms with E-state index in [1.165, 1.54) is 0 Å². The summed E-state index contributed by atoms with van der Waals surface area (Å²) in [5.74, 6) is -0.381. The quantitative estimate of drug-likeness (QED) is 0.734. The molecule has 0 saturated carbocycles. The summed E-state index contributed by atoms with van der Waals surface area (Å²) < 4.78 is 15.0. The molecule has 1 atom stereocenters. The molecule has 3 aromatic rings. The molecule has 0 bridgehead atoms. The van der Waals surface area contributed by atoms with Crippen LogP contribution in [0.4, 0.5) is 4.39 Å². The minimum Gasteiger partial charge on any atom is -0.382 e. The summed E-state index contributed by atoms with van der Waals surface area (Å²) in [4.78, 5) is 4.39. The first kappa shape index (κ1) is 15.6. The maximum atomic E-state index is 15.0. The number of hydrogen-bond acceptors (Lipinski definition) is 2. The Kier molecular flexibility index (Phi) is 4.68. The Bertz CT molecular complexity index is 801. The molecule has 2 aromatic carbocycles. The average molecular weight is 309 g/mol. The van der Waals surface area contributed by atoms with Crippen molar-refractivity contribution in [3.8, 4) is 0 Å². The van der Waals surface area contributed by atoms with Crippen molar-refractivity contribution in [2.75, 3.05) is 0 Å². The van der Waals surface area contributed by atoms with Crippen LogP contribution in [0, 0.1) is 5.82 Å². The van der Waals surface area contributed by atoms with Gasteiger partial charge in [0.15, 0.2) is 5.82 Å². The van der Waals surface area contributed by atoms with Crippen molar-refractivity contribution in [2.45, 2.75) is 32.3 Å². The molecule has 0 aliphatic rings. The van der Waals surface area contributed by atoms with E-state index in [1.54, 1.807) is 12.1 Å². The van der Waals surface area contributed by atoms with Crippen molar-refractivity contribution in [3.05, 3.63) is 77.2 Å². The summed E-state index contributed by atoms with van der Waals surface area (Å²) in [7, 11) is 0. The predicted octanol–water partition coefficient (Wildman–Crippen LogP) is 4.80. The van der Waals surface area contributed by atoms with E-state index in [0.29, 0.717) is 17.5 Å². The zero-order chi connectivity index (χ0) is 16.2. The lowest BCUT2D eigenvalue weighted by Crippen LogP contribution is -2.09. The topological polar surface area (TPSA) is 33.1 Å². The fraction of sp³-hybridized carbons (Fsp3) is 0.250. The Morgan fingerprint density at radius 3 is 2.48 bits per heavy atom. The van der Waals surface area contributed by atoms with E-state index in [0.717, 1.165) is 23.7 Å². The molecule has 118 valence electrons. The van der Waals surface area contributed by atoms with Crippen LogP contribution in [0.1, 0.15) is 42.7 Å². The normalized spacial score (nSPS) is 12.5. The number of nitrogens with zero attached hydrogens (tertiary/aromatic N) is 1. The van der Waals surface area contributed by atoms with Crippen molar-refractivity contribution >= 4 is 10.9 Å². The number of unbranched alkanes of at least 4 members (excludes halogenated alkanes) is 1. The first-order valence-corrected chi connectivity index (χ1v) is 8.02. The van der Waals surface area contributed by atoms with Gasteiger partial charge < -0.3 is 5.11 Å². The number of rotatable bonds is 5. The van der Waals surface area contributed by atoms with E-state index < -0.39 is 6.10 Å². The van der Waals surface area contributed by atoms with Crippen molar-refractivity contribution < 1.29 is 9.50 Å². The summed E-state index contributed by atoms with van der Waals surface area (Å²) >= 11 is 0. The zero-order valence-electron chi connectivity index (χ0n) is 13.2. The largest absolute Gasteiger partial charge is 0.382 e. The minimum absolute atomic E-state index is 0.112. The third kappa shape index (κ3) is 3.10. The van der Waals surface area contributed by atoms with Crippen molar-refractivity contribution in [1.29, 1.82) is 0 Å². The molecular formula is C20H20FNO. The minimum atomic E-state index is -1.05. The maximum Gasteiger partial charge on any atom is 0.151 e. The zero-order valence-corrected chi connectivity index (χ0v) is 13.2. The van der Waals surface area contributed by atoms with Gasteiger partial charge >= 0.3 is 0 Å². The molecule has 1 N–H and O–H groups in total. The number of para-hydroxylation sites is 1. The van der Waals surface area contributed by atoms with Crippen LogP contribution in [0.3, 0.4) is 0 Å². The standard InChI is InChI=1S/C20H20FNO/c1-2-3-11-16-15-12-7-8-13-17(15)22-19(18(16)21)20(23)14-9-5-4-6-10-14/h4-10,12-13,20,23H,2-3,11H2,1H3. The summed E-state index contributed by atoms with van der Waals surface area (Å²) in [6, 6.07) is 16.6. The molecule has 0 fully saturated rings. The molecule has 0 spiro atoms. The molecule has 0 amide bonds. The molecule has 1 unspecified atom stereocenters. The van der Waals surface area contributed by atoms with Gasteiger partial charge in [0.05, 0.1) is 5.52 Å². The number of aliphatic hydroxyl groups is 1. The number of halogens is 1. The Balaban J connectivity index is 2.15. The van der Waals surface area contributed by atoms with E-state index in [2.05, 4.69) is 11.9 Å². The second-order valence-electron chi connectivity index (χ2n) is 5.72. The second kappa shape index (κ2) is 6.88. The molecule has 3 rings (SSSR count). The Morgan fingerprint density at radius 2 is 1.74 bits per heavy atom. The Labute approximate surface area is 135 Å². The summed E-state index contributed by atoms with van der Waals surface area (Å²) in [6.07, 6.45) is 1.50. The number of hydrogen-bond donors (Lipinski definition) is 1. The predicted molar refractivity (Wildman–Crippen MR) is 90.8 cm³/mol. The third-order valence-electron chi connectivity index (χ3n) is 4.11. The molecule has 0 aliphatic carbocycles. The van der Waals surface area contributed by atoms with E-state index in [9.17, 15) is 5.11 Å². The van der Waals surface area contributed by atoms with Gasteiger partial charge in [-0.05, 0) is 30.0 Å². The van der Waals surface area contributed by atoms with Gasteiger partial charge in [0.2, 0.25) is 0 Å². The highest BCUT2D eigenvalue weighted by Crippen LogP contribution is 2.30. The highest BCUT2D eigenvalue weighted by atomic mass is 19.1. The van der Waals surface area contributed by atoms with Gasteiger partial charge in [-0.25, -0.2) is 9.37 Å². The first-order chi connectivity index (χ1) is 11.2. The van der Waals surface area contributed by atoms with E-state index >= 15 is 4.39 Å². The molecular weight excluding hydrogens is 289 g/mol. The molecule has 23 heavy (non-hydrogen) atoms. The van der Waals surface area contributed by atoms with Gasteiger partial charge in [-0.2, -0.15) is 0 Å². The molecule has 0 saturated heterocycles. The molecule has 1 heterocycles. The fourth-order valence-corrected chi connectivity index (χ4v) is 2.85. The van der Waals surface area contributed by atoms with E-state index in [1.807, 2.05) is 42.5 Å². The van der Waals surface area contributed by atoms with Gasteiger partial charge in [-0.3, -0.25) is 0 Å². The van der Waals surface area contributed by atoms with Crippen LogP contribution in [0.5, 0.6) is 0 Å². The number of aliphatic hydroxyl groups excluding tert-OH is 1. The van der Waals surface area contributed by atoms with Gasteiger partial charge in [0.1, 0.15) is 11.8 Å². The number of fused-ring (bicyclic) bond motifs is 1. The number of benzene rings is 2. The van der Waals surface area contributed by atoms with E-state index in [-0.39, 0.29) is 11.5 Å². The van der Waals surface area contributed by atoms with Crippen molar-refractivity contribution in [2.24, 2.45) is 0 Å². The number of aromatic nitrogens is 1. The van der Waals surface area contributed by atoms with Gasteiger partial charge in [-0.1, -0.05) is 61.9 Å². The van der Waals surface area contributed by atoms with Gasteiger partial charge in [0.25, 0.3) is 0 Å². The molecule has 0 radical (unpaired) electrons. The van der Waals surface area contributed by atoms with Crippen LogP contribution >= 0.6 is 0 Å². The smallest absolute Gasteiger partial charge is 0.151 e. The fourth-order valence-electron chi connectivity index (χ4n) is 2.85. The Hall–Kier alpha value is -2.26. The van der Waals surface area contributed by atoms with Gasteiger partial charge in [0, 0.05) is 5.39 Å². The van der Waals surface area contributed by atoms with Crippen molar-refractivity contribution in [3.63, 3.8) is 0 Å². The van der Waals surface area contributed by atoms with E-state index in [4.69, 9.17) is 0 Å². The monoisotopic (exact) mass is 309 g/mol. The number of aryl methyl sites for hydroxylation is 1. The SMILES string of the molecule is CCCCc1c(F)c(C(O)c2ccccc2)nc2ccccc12. The summed E-state index contributed by atoms with van der Waals surface area (Å²) in [6.45, 7) is 2.08. The van der Waals surface area contributed by atoms with Crippen LogP contribution in [0.2, 0.25) is 0 Å². The highest BCUT2D eigenvalue weighted by Gasteiger charge is 2.21. The average Bonchev–Trinajstić information content (AvgIpc) is 2.61.